The van der Waals surface area contributed by atoms with Crippen LogP contribution in [0.2, 0.25) is 0 Å². The first-order chi connectivity index (χ1) is 6.60. The van der Waals surface area contributed by atoms with Crippen LogP contribution in [0.3, 0.4) is 0 Å². The average Bonchev–Trinajstić information content (AvgIpc) is 2.41. The molecule has 0 fully saturated rings. The largest absolute Gasteiger partial charge is 0.494 e. The van der Waals surface area contributed by atoms with E-state index in [1.165, 1.54) is 6.08 Å². The summed E-state index contributed by atoms with van der Waals surface area (Å²) >= 11 is 0. The molecule has 0 unspecified atom stereocenters. The van der Waals surface area contributed by atoms with Gasteiger partial charge in [0.15, 0.2) is 0 Å². The fraction of sp³-hybridized carbons (Fsp3) is 0.222. The van der Waals surface area contributed by atoms with Crippen molar-refractivity contribution in [1.29, 1.82) is 0 Å². The second-order valence-corrected chi connectivity index (χ2v) is 2.72. The van der Waals surface area contributed by atoms with Crippen LogP contribution in [0.1, 0.15) is 18.9 Å². The van der Waals surface area contributed by atoms with Crippen molar-refractivity contribution in [3.05, 3.63) is 12.1 Å². The van der Waals surface area contributed by atoms with E-state index >= 15 is 0 Å². The molecule has 4 N–H and O–H groups in total. The van der Waals surface area contributed by atoms with Crippen molar-refractivity contribution in [1.82, 2.24) is 4.98 Å². The minimum absolute atomic E-state index is 0.157. The lowest BCUT2D eigenvalue weighted by molar-refractivity contribution is -0.115. The van der Waals surface area contributed by atoms with Crippen LogP contribution >= 0.6 is 0 Å². The number of anilines is 1. The van der Waals surface area contributed by atoms with Crippen LogP contribution in [-0.4, -0.2) is 21.1 Å². The molecule has 1 heterocycles. The quantitative estimate of drug-likeness (QED) is 0.589. The lowest BCUT2D eigenvalue weighted by Gasteiger charge is -2.02. The molecule has 0 spiro atoms. The molecule has 0 saturated heterocycles. The highest BCUT2D eigenvalue weighted by atomic mass is 16.3. The summed E-state index contributed by atoms with van der Waals surface area (Å²) in [4.78, 5) is 13.3. The minimum atomic E-state index is -0.279. The summed E-state index contributed by atoms with van der Waals surface area (Å²) in [5, 5.41) is 21.0. The van der Waals surface area contributed by atoms with Gasteiger partial charge >= 0.3 is 0 Å². The molecule has 14 heavy (non-hydrogen) atoms. The summed E-state index contributed by atoms with van der Waals surface area (Å²) < 4.78 is 0. The first-order valence-corrected chi connectivity index (χ1v) is 4.16. The van der Waals surface area contributed by atoms with Gasteiger partial charge in [-0.1, -0.05) is 19.6 Å². The highest BCUT2D eigenvalue weighted by molar-refractivity contribution is 5.95. The van der Waals surface area contributed by atoms with E-state index < -0.39 is 0 Å². The van der Waals surface area contributed by atoms with Crippen molar-refractivity contribution in [2.45, 2.75) is 13.3 Å². The van der Waals surface area contributed by atoms with Gasteiger partial charge in [0, 0.05) is 6.42 Å². The van der Waals surface area contributed by atoms with Crippen molar-refractivity contribution in [3.8, 4) is 11.8 Å². The van der Waals surface area contributed by atoms with Crippen LogP contribution in [0, 0.1) is 0 Å². The minimum Gasteiger partial charge on any atom is -0.494 e. The zero-order valence-electron chi connectivity index (χ0n) is 7.79. The molecule has 0 aliphatic carbocycles. The number of carbonyl (C=O) groups is 1. The molecule has 1 amide bonds. The summed E-state index contributed by atoms with van der Waals surface area (Å²) in [6.07, 6.45) is 1.64. The maximum absolute atomic E-state index is 11.1. The van der Waals surface area contributed by atoms with Crippen LogP contribution < -0.4 is 5.32 Å². The van der Waals surface area contributed by atoms with Gasteiger partial charge in [-0.05, 0) is 0 Å². The fourth-order valence-electron chi connectivity index (χ4n) is 1.04. The summed E-state index contributed by atoms with van der Waals surface area (Å²) in [6, 6.07) is 0. The lowest BCUT2D eigenvalue weighted by Crippen LogP contribution is -2.09. The van der Waals surface area contributed by atoms with E-state index in [4.69, 9.17) is 0 Å². The third-order valence-corrected chi connectivity index (χ3v) is 1.79. The lowest BCUT2D eigenvalue weighted by atomic mass is 10.2. The molecule has 1 rings (SSSR count). The first kappa shape index (κ1) is 10.2. The third-order valence-electron chi connectivity index (χ3n) is 1.79. The SMILES string of the molecule is C=Cc1c(O)[nH]c(O)c1NC(=O)CC. The van der Waals surface area contributed by atoms with Gasteiger partial charge in [-0.15, -0.1) is 0 Å². The molecular weight excluding hydrogens is 184 g/mol. The highest BCUT2D eigenvalue weighted by Crippen LogP contribution is 2.34. The van der Waals surface area contributed by atoms with E-state index in [9.17, 15) is 15.0 Å². The van der Waals surface area contributed by atoms with Crippen LogP contribution in [0.5, 0.6) is 11.8 Å². The number of amides is 1. The Kier molecular flexibility index (Phi) is 2.81. The monoisotopic (exact) mass is 196 g/mol. The van der Waals surface area contributed by atoms with E-state index in [0.717, 1.165) is 0 Å². The Morgan fingerprint density at radius 2 is 2.21 bits per heavy atom. The van der Waals surface area contributed by atoms with E-state index in [1.54, 1.807) is 6.92 Å². The second kappa shape index (κ2) is 3.87. The number of nitrogens with one attached hydrogen (secondary N) is 2. The number of carbonyl (C=O) groups excluding carboxylic acids is 1. The van der Waals surface area contributed by atoms with Gasteiger partial charge in [-0.2, -0.15) is 0 Å². The Balaban J connectivity index is 3.06. The normalized spacial score (nSPS) is 9.79. The standard InChI is InChI=1S/C9H12N2O3/c1-3-5-7(10-6(12)4-2)9(14)11-8(5)13/h3,11,13-14H,1,4H2,2H3,(H,10,12). The maximum atomic E-state index is 11.1. The Labute approximate surface area is 81.1 Å². The maximum Gasteiger partial charge on any atom is 0.224 e. The molecule has 0 radical (unpaired) electrons. The molecule has 0 aromatic carbocycles. The Hall–Kier alpha value is -1.91. The molecular formula is C9H12N2O3. The topological polar surface area (TPSA) is 85.3 Å². The smallest absolute Gasteiger partial charge is 0.224 e. The average molecular weight is 196 g/mol. The van der Waals surface area contributed by atoms with E-state index in [2.05, 4.69) is 16.9 Å². The molecule has 5 nitrogen and oxygen atoms in total. The van der Waals surface area contributed by atoms with Crippen molar-refractivity contribution in [3.63, 3.8) is 0 Å². The number of aromatic amines is 1. The van der Waals surface area contributed by atoms with Crippen molar-refractivity contribution >= 4 is 17.7 Å². The number of hydrogen-bond donors (Lipinski definition) is 4. The molecule has 5 heteroatoms. The van der Waals surface area contributed by atoms with Crippen LogP contribution in [0.15, 0.2) is 6.58 Å². The Morgan fingerprint density at radius 1 is 1.57 bits per heavy atom. The number of aromatic nitrogens is 1. The van der Waals surface area contributed by atoms with Gasteiger partial charge in [0.1, 0.15) is 5.69 Å². The van der Waals surface area contributed by atoms with Gasteiger partial charge in [-0.3, -0.25) is 9.78 Å². The zero-order valence-corrected chi connectivity index (χ0v) is 7.79. The Bertz CT molecular complexity index is 368. The van der Waals surface area contributed by atoms with E-state index in [1.807, 2.05) is 0 Å². The molecule has 0 saturated carbocycles. The van der Waals surface area contributed by atoms with Crippen LogP contribution in [0.4, 0.5) is 5.69 Å². The zero-order chi connectivity index (χ0) is 10.7. The predicted molar refractivity (Wildman–Crippen MR) is 53.1 cm³/mol. The Morgan fingerprint density at radius 3 is 2.71 bits per heavy atom. The van der Waals surface area contributed by atoms with Crippen LogP contribution in [0.25, 0.3) is 6.08 Å². The van der Waals surface area contributed by atoms with E-state index in [0.29, 0.717) is 6.42 Å². The first-order valence-electron chi connectivity index (χ1n) is 4.16. The van der Waals surface area contributed by atoms with E-state index in [-0.39, 0.29) is 28.9 Å². The predicted octanol–water partition coefficient (Wildman–Crippen LogP) is 1.42. The molecule has 1 aromatic rings. The molecule has 76 valence electrons. The van der Waals surface area contributed by atoms with Crippen molar-refractivity contribution in [2.75, 3.05) is 5.32 Å². The number of H-pyrrole nitrogens is 1. The van der Waals surface area contributed by atoms with Gasteiger partial charge in [0.05, 0.1) is 5.56 Å². The highest BCUT2D eigenvalue weighted by Gasteiger charge is 2.15. The summed E-state index contributed by atoms with van der Waals surface area (Å²) in [6.45, 7) is 5.14. The van der Waals surface area contributed by atoms with Crippen LogP contribution in [-0.2, 0) is 4.79 Å². The molecule has 0 aliphatic heterocycles. The van der Waals surface area contributed by atoms with Crippen molar-refractivity contribution < 1.29 is 15.0 Å². The molecule has 1 aromatic heterocycles. The fourth-order valence-corrected chi connectivity index (χ4v) is 1.04. The summed E-state index contributed by atoms with van der Waals surface area (Å²) in [5.41, 5.74) is 0.439. The molecule has 0 bridgehead atoms. The number of aromatic hydroxyl groups is 2. The van der Waals surface area contributed by atoms with Gasteiger partial charge in [-0.25, -0.2) is 0 Å². The number of rotatable bonds is 3. The summed E-state index contributed by atoms with van der Waals surface area (Å²) in [7, 11) is 0. The summed E-state index contributed by atoms with van der Waals surface area (Å²) in [5.74, 6) is -0.745. The van der Waals surface area contributed by atoms with Gasteiger partial charge in [0.25, 0.3) is 0 Å². The second-order valence-electron chi connectivity index (χ2n) is 2.72. The molecule has 0 aliphatic rings. The molecule has 0 atom stereocenters. The van der Waals surface area contributed by atoms with Gasteiger partial charge < -0.3 is 15.5 Å². The van der Waals surface area contributed by atoms with Gasteiger partial charge in [0.2, 0.25) is 17.7 Å². The number of hydrogen-bond acceptors (Lipinski definition) is 3. The third kappa shape index (κ3) is 1.71. The van der Waals surface area contributed by atoms with Crippen molar-refractivity contribution in [2.24, 2.45) is 0 Å².